The van der Waals surface area contributed by atoms with E-state index in [1.807, 2.05) is 0 Å². The van der Waals surface area contributed by atoms with Crippen LogP contribution in [0.2, 0.25) is 0 Å². The van der Waals surface area contributed by atoms with Gasteiger partial charge in [0, 0.05) is 17.9 Å². The number of rotatable bonds is 2. The van der Waals surface area contributed by atoms with Gasteiger partial charge in [-0.3, -0.25) is 4.79 Å². The number of hydrogen-bond donors (Lipinski definition) is 1. The van der Waals surface area contributed by atoms with E-state index in [4.69, 9.17) is 0 Å². The fourth-order valence-corrected chi connectivity index (χ4v) is 4.60. The monoisotopic (exact) mass is 371 g/mol. The minimum Gasteiger partial charge on any atom is -0.356 e. The van der Waals surface area contributed by atoms with Crippen LogP contribution in [0.5, 0.6) is 0 Å². The van der Waals surface area contributed by atoms with Crippen LogP contribution in [0, 0.1) is 17.6 Å². The third-order valence-electron chi connectivity index (χ3n) is 6.27. The molecule has 0 unspecified atom stereocenters. The van der Waals surface area contributed by atoms with Crippen molar-refractivity contribution in [2.24, 2.45) is 5.92 Å². The molecule has 4 rings (SSSR count). The molecule has 3 atom stereocenters. The third kappa shape index (κ3) is 2.91. The molecule has 6 heteroatoms. The van der Waals surface area contributed by atoms with Crippen molar-refractivity contribution in [1.82, 2.24) is 15.5 Å². The van der Waals surface area contributed by atoms with Crippen LogP contribution >= 0.6 is 0 Å². The fourth-order valence-electron chi connectivity index (χ4n) is 4.60. The molecule has 0 spiro atoms. The second kappa shape index (κ2) is 6.66. The average Bonchev–Trinajstić information content (AvgIpc) is 2.65. The fraction of sp³-hybridized carbons (Fsp3) is 0.476. The van der Waals surface area contributed by atoms with Crippen LogP contribution in [0.1, 0.15) is 56.7 Å². The Hall–Kier alpha value is -2.37. The lowest BCUT2D eigenvalue weighted by Crippen LogP contribution is -2.49. The minimum absolute atomic E-state index is 0.0651. The maximum Gasteiger partial charge on any atom is 0.224 e. The molecule has 2 aromatic rings. The summed E-state index contributed by atoms with van der Waals surface area (Å²) in [6, 6.07) is 5.53. The molecule has 0 saturated carbocycles. The summed E-state index contributed by atoms with van der Waals surface area (Å²) in [6.07, 6.45) is 3.52. The number of amides is 1. The Morgan fingerprint density at radius 3 is 2.63 bits per heavy atom. The van der Waals surface area contributed by atoms with Crippen molar-refractivity contribution in [3.05, 3.63) is 47.2 Å². The molecule has 142 valence electrons. The number of nitrogens with one attached hydrogen (secondary N) is 1. The highest BCUT2D eigenvalue weighted by atomic mass is 19.1. The molecule has 0 radical (unpaired) electrons. The topological polar surface area (TPSA) is 54.9 Å². The molecule has 0 bridgehead atoms. The number of halogens is 2. The number of benzene rings is 1. The summed E-state index contributed by atoms with van der Waals surface area (Å²) in [5, 5.41) is 11.6. The van der Waals surface area contributed by atoms with Crippen LogP contribution in [-0.4, -0.2) is 22.6 Å². The zero-order valence-corrected chi connectivity index (χ0v) is 15.6. The average molecular weight is 371 g/mol. The number of nitrogens with zero attached hydrogens (tertiary/aromatic N) is 2. The third-order valence-corrected chi connectivity index (χ3v) is 6.27. The molecule has 4 nitrogen and oxygen atoms in total. The normalized spacial score (nSPS) is 27.8. The van der Waals surface area contributed by atoms with Crippen LogP contribution in [-0.2, 0) is 10.2 Å². The number of aromatic nitrogens is 2. The minimum atomic E-state index is -0.651. The summed E-state index contributed by atoms with van der Waals surface area (Å²) in [7, 11) is 0. The molecule has 1 fully saturated rings. The molecule has 1 aromatic heterocycles. The van der Waals surface area contributed by atoms with Crippen LogP contribution in [0.15, 0.2) is 24.3 Å². The predicted molar refractivity (Wildman–Crippen MR) is 98.1 cm³/mol. The van der Waals surface area contributed by atoms with Gasteiger partial charge in [-0.05, 0) is 55.4 Å². The molecule has 27 heavy (non-hydrogen) atoms. The summed E-state index contributed by atoms with van der Waals surface area (Å²) in [5.41, 5.74) is 1.38. The highest BCUT2D eigenvalue weighted by molar-refractivity contribution is 5.81. The largest absolute Gasteiger partial charge is 0.356 e. The number of carbonyl (C=O) groups excluding carboxylic acids is 1. The standard InChI is InChI=1S/C21H23F2N3O/c1-12-8-9-21(2,14-5-4-10-24-20(14)27)19-13(12)11-17(25-26-19)18-15(22)6-3-7-16(18)23/h3,6-7,11-12,14H,4-5,8-10H2,1-2H3,(H,24,27)/t12-,14-,21+/m0/s1. The summed E-state index contributed by atoms with van der Waals surface area (Å²) < 4.78 is 28.4. The maximum absolute atomic E-state index is 14.2. The van der Waals surface area contributed by atoms with E-state index < -0.39 is 17.0 Å². The Morgan fingerprint density at radius 2 is 1.93 bits per heavy atom. The van der Waals surface area contributed by atoms with Gasteiger partial charge in [-0.1, -0.05) is 19.9 Å². The van der Waals surface area contributed by atoms with Gasteiger partial charge in [0.05, 0.1) is 17.0 Å². The molecule has 1 N–H and O–H groups in total. The molecule has 1 amide bonds. The molecule has 1 aliphatic heterocycles. The highest BCUT2D eigenvalue weighted by Crippen LogP contribution is 2.48. The number of hydrogen-bond acceptors (Lipinski definition) is 3. The van der Waals surface area contributed by atoms with Crippen molar-refractivity contribution in [3.8, 4) is 11.3 Å². The SMILES string of the molecule is C[C@H]1CC[C@](C)([C@H]2CCCNC2=O)c2nnc(-c3c(F)cccc3F)cc21. The second-order valence-corrected chi connectivity index (χ2v) is 7.97. The van der Waals surface area contributed by atoms with Gasteiger partial charge in [-0.15, -0.1) is 0 Å². The zero-order chi connectivity index (χ0) is 19.2. The molecular weight excluding hydrogens is 348 g/mol. The van der Waals surface area contributed by atoms with Gasteiger partial charge in [-0.2, -0.15) is 10.2 Å². The lowest BCUT2D eigenvalue weighted by atomic mass is 9.62. The number of carbonyl (C=O) groups is 1. The van der Waals surface area contributed by atoms with E-state index >= 15 is 0 Å². The van der Waals surface area contributed by atoms with Gasteiger partial charge in [0.25, 0.3) is 0 Å². The predicted octanol–water partition coefficient (Wildman–Crippen LogP) is 4.10. The van der Waals surface area contributed by atoms with Crippen molar-refractivity contribution in [1.29, 1.82) is 0 Å². The van der Waals surface area contributed by atoms with Crippen molar-refractivity contribution in [2.45, 2.75) is 50.9 Å². The van der Waals surface area contributed by atoms with E-state index in [9.17, 15) is 13.6 Å². The molecule has 2 aliphatic rings. The molecular formula is C21H23F2N3O. The van der Waals surface area contributed by atoms with Gasteiger partial charge in [-0.25, -0.2) is 8.78 Å². The maximum atomic E-state index is 14.2. The summed E-state index contributed by atoms with van der Waals surface area (Å²) >= 11 is 0. The first-order valence-corrected chi connectivity index (χ1v) is 9.52. The Balaban J connectivity index is 1.82. The Kier molecular flexibility index (Phi) is 4.44. The molecule has 2 heterocycles. The summed E-state index contributed by atoms with van der Waals surface area (Å²) in [6.45, 7) is 4.87. The molecule has 1 aromatic carbocycles. The van der Waals surface area contributed by atoms with Crippen molar-refractivity contribution in [2.75, 3.05) is 6.54 Å². The van der Waals surface area contributed by atoms with E-state index in [2.05, 4.69) is 29.4 Å². The lowest BCUT2D eigenvalue weighted by Gasteiger charge is -2.43. The van der Waals surface area contributed by atoms with Gasteiger partial charge >= 0.3 is 0 Å². The van der Waals surface area contributed by atoms with Crippen LogP contribution in [0.25, 0.3) is 11.3 Å². The van der Waals surface area contributed by atoms with E-state index in [1.54, 1.807) is 6.07 Å². The van der Waals surface area contributed by atoms with E-state index in [-0.39, 0.29) is 29.0 Å². The Bertz CT molecular complexity index is 881. The zero-order valence-electron chi connectivity index (χ0n) is 15.6. The summed E-state index contributed by atoms with van der Waals surface area (Å²) in [4.78, 5) is 12.5. The first-order chi connectivity index (χ1) is 12.9. The van der Waals surface area contributed by atoms with Gasteiger partial charge in [0.1, 0.15) is 11.6 Å². The highest BCUT2D eigenvalue weighted by Gasteiger charge is 2.46. The van der Waals surface area contributed by atoms with Crippen LogP contribution < -0.4 is 5.32 Å². The van der Waals surface area contributed by atoms with Gasteiger partial charge in [0.2, 0.25) is 5.91 Å². The quantitative estimate of drug-likeness (QED) is 0.865. The second-order valence-electron chi connectivity index (χ2n) is 7.97. The van der Waals surface area contributed by atoms with Gasteiger partial charge < -0.3 is 5.32 Å². The van der Waals surface area contributed by atoms with E-state index in [0.717, 1.165) is 36.9 Å². The van der Waals surface area contributed by atoms with Crippen molar-refractivity contribution in [3.63, 3.8) is 0 Å². The number of piperidine rings is 1. The first kappa shape index (κ1) is 18.0. The first-order valence-electron chi connectivity index (χ1n) is 9.52. The Morgan fingerprint density at radius 1 is 1.19 bits per heavy atom. The van der Waals surface area contributed by atoms with Gasteiger partial charge in [0.15, 0.2) is 0 Å². The number of fused-ring (bicyclic) bond motifs is 1. The van der Waals surface area contributed by atoms with Crippen LogP contribution in [0.4, 0.5) is 8.78 Å². The van der Waals surface area contributed by atoms with Crippen LogP contribution in [0.3, 0.4) is 0 Å². The lowest BCUT2D eigenvalue weighted by molar-refractivity contribution is -0.129. The van der Waals surface area contributed by atoms with E-state index in [0.29, 0.717) is 6.54 Å². The van der Waals surface area contributed by atoms with E-state index in [1.165, 1.54) is 18.2 Å². The molecule has 1 saturated heterocycles. The van der Waals surface area contributed by atoms with Crippen molar-refractivity contribution < 1.29 is 13.6 Å². The summed E-state index contributed by atoms with van der Waals surface area (Å²) in [5.74, 6) is -1.19. The Labute approximate surface area is 157 Å². The molecule has 1 aliphatic carbocycles. The van der Waals surface area contributed by atoms with Crippen molar-refractivity contribution >= 4 is 5.91 Å². The smallest absolute Gasteiger partial charge is 0.224 e.